The second-order valence-corrected chi connectivity index (χ2v) is 15.5. The summed E-state index contributed by atoms with van der Waals surface area (Å²) in [7, 11) is -9.07. The molecule has 0 heterocycles. The molecule has 7 rings (SSSR count). The molecule has 224 valence electrons. The topological polar surface area (TPSA) is 155 Å². The van der Waals surface area contributed by atoms with Crippen LogP contribution in [0.4, 0.5) is 0 Å². The molecule has 1 atom stereocenters. The van der Waals surface area contributed by atoms with Crippen LogP contribution in [-0.2, 0) is 31.5 Å². The van der Waals surface area contributed by atoms with Crippen LogP contribution < -0.4 is 4.74 Å². The van der Waals surface area contributed by atoms with Crippen LogP contribution in [0.3, 0.4) is 0 Å². The minimum atomic E-state index is -4.55. The van der Waals surface area contributed by atoms with E-state index in [-0.39, 0.29) is 43.6 Å². The Labute approximate surface area is 245 Å². The van der Waals surface area contributed by atoms with Gasteiger partial charge < -0.3 is 9.84 Å². The fourth-order valence-electron chi connectivity index (χ4n) is 8.17. The number of phenolic OH excluding ortho intramolecular Hbond substituents is 1. The van der Waals surface area contributed by atoms with Gasteiger partial charge in [0.15, 0.2) is 0 Å². The maximum absolute atomic E-state index is 13.8. The van der Waals surface area contributed by atoms with E-state index in [0.29, 0.717) is 35.3 Å². The Kier molecular flexibility index (Phi) is 6.96. The lowest BCUT2D eigenvalue weighted by Gasteiger charge is -2.55. The number of esters is 1. The van der Waals surface area contributed by atoms with Gasteiger partial charge in [0, 0.05) is 10.8 Å². The lowest BCUT2D eigenvalue weighted by molar-refractivity contribution is -0.161. The molecule has 4 fully saturated rings. The van der Waals surface area contributed by atoms with Gasteiger partial charge in [0.05, 0.1) is 10.3 Å². The Bertz CT molecular complexity index is 1790. The molecule has 0 saturated heterocycles. The molecule has 4 aliphatic carbocycles. The molecule has 11 heteroatoms. The van der Waals surface area contributed by atoms with Crippen LogP contribution in [0.5, 0.6) is 11.5 Å². The van der Waals surface area contributed by atoms with Crippen molar-refractivity contribution in [3.05, 3.63) is 59.2 Å². The Morgan fingerprint density at radius 2 is 1.48 bits per heavy atom. The second kappa shape index (κ2) is 10.0. The van der Waals surface area contributed by atoms with Gasteiger partial charge in [0.1, 0.15) is 16.4 Å². The molecular weight excluding hydrogens is 580 g/mol. The number of carbonyl (C=O) groups is 1. The van der Waals surface area contributed by atoms with Gasteiger partial charge in [0.2, 0.25) is 0 Å². The van der Waals surface area contributed by atoms with Gasteiger partial charge in [-0.05, 0) is 123 Å². The van der Waals surface area contributed by atoms with E-state index in [9.17, 15) is 35.8 Å². The number of hydrogen-bond donors (Lipinski definition) is 3. The third-order valence-corrected chi connectivity index (χ3v) is 11.5. The lowest BCUT2D eigenvalue weighted by Crippen LogP contribution is -2.51. The first-order chi connectivity index (χ1) is 19.6. The Hall–Kier alpha value is -2.99. The molecule has 0 spiro atoms. The van der Waals surface area contributed by atoms with Gasteiger partial charge in [-0.2, -0.15) is 16.8 Å². The smallest absolute Gasteiger partial charge is 0.317 e. The average Bonchev–Trinajstić information content (AvgIpc) is 2.87. The van der Waals surface area contributed by atoms with E-state index in [0.717, 1.165) is 25.3 Å². The normalized spacial score (nSPS) is 26.0. The molecule has 3 aromatic carbocycles. The number of hydrogen-bond acceptors (Lipinski definition) is 7. The number of phenols is 1. The summed E-state index contributed by atoms with van der Waals surface area (Å²) in [6.45, 7) is 3.37. The monoisotopic (exact) mass is 614 g/mol. The predicted molar refractivity (Wildman–Crippen MR) is 155 cm³/mol. The van der Waals surface area contributed by atoms with E-state index < -0.39 is 31.6 Å². The molecular formula is C31H34O9S2. The molecule has 0 radical (unpaired) electrons. The lowest BCUT2D eigenvalue weighted by atomic mass is 9.49. The minimum absolute atomic E-state index is 0.156. The van der Waals surface area contributed by atoms with E-state index in [1.807, 2.05) is 6.92 Å². The Morgan fingerprint density at radius 1 is 0.881 bits per heavy atom. The standard InChI is InChI=1S/C31H34O9S2/c1-17(7-19-3-4-23-25(12-19)26(32)5-6-28(23)41(34,35)36)24-13-29(42(37,38)39)18(2)8-27(24)40-30(33)31-14-20-9-21(15-31)11-22(10-20)16-31/h3-6,8,12-13,17,20-22,32H,7,9-11,14-16H2,1-2H3,(H,34,35,36)(H,37,38,39). The van der Waals surface area contributed by atoms with Crippen molar-refractivity contribution < 1.29 is 40.6 Å². The van der Waals surface area contributed by atoms with Gasteiger partial charge in [0.25, 0.3) is 20.2 Å². The SMILES string of the molecule is Cc1cc(OC(=O)C23CC4CC(CC(C4)C2)C3)c(C(C)Cc2ccc3c(S(=O)(=O)O)ccc(O)c3c2)cc1S(=O)(=O)O. The molecule has 4 bridgehead atoms. The molecule has 1 unspecified atom stereocenters. The van der Waals surface area contributed by atoms with Crippen LogP contribution in [0, 0.1) is 30.1 Å². The first-order valence-electron chi connectivity index (χ1n) is 14.2. The largest absolute Gasteiger partial charge is 0.507 e. The Morgan fingerprint density at radius 3 is 2.05 bits per heavy atom. The molecule has 4 aliphatic rings. The van der Waals surface area contributed by atoms with Gasteiger partial charge in [-0.15, -0.1) is 0 Å². The first kappa shape index (κ1) is 29.1. The van der Waals surface area contributed by atoms with Gasteiger partial charge in [-0.25, -0.2) is 0 Å². The van der Waals surface area contributed by atoms with Crippen LogP contribution in [-0.4, -0.2) is 37.0 Å². The van der Waals surface area contributed by atoms with Crippen LogP contribution in [0.2, 0.25) is 0 Å². The summed E-state index contributed by atoms with van der Waals surface area (Å²) in [6.07, 6.45) is 6.27. The fourth-order valence-corrected chi connectivity index (χ4v) is 9.60. The molecule has 3 aromatic rings. The molecule has 0 amide bonds. The number of aryl methyl sites for hydroxylation is 1. The second-order valence-electron chi connectivity index (χ2n) is 12.8. The average molecular weight is 615 g/mol. The van der Waals surface area contributed by atoms with E-state index >= 15 is 0 Å². The summed E-state index contributed by atoms with van der Waals surface area (Å²) in [5.41, 5.74) is 0.855. The molecule has 0 aliphatic heterocycles. The highest BCUT2D eigenvalue weighted by Crippen LogP contribution is 2.60. The summed E-state index contributed by atoms with van der Waals surface area (Å²) >= 11 is 0. The minimum Gasteiger partial charge on any atom is -0.507 e. The highest BCUT2D eigenvalue weighted by atomic mass is 32.2. The number of carbonyl (C=O) groups excluding carboxylic acids is 1. The van der Waals surface area contributed by atoms with E-state index in [1.165, 1.54) is 43.5 Å². The van der Waals surface area contributed by atoms with Crippen molar-refractivity contribution in [3.63, 3.8) is 0 Å². The number of ether oxygens (including phenoxy) is 1. The van der Waals surface area contributed by atoms with Gasteiger partial charge >= 0.3 is 5.97 Å². The van der Waals surface area contributed by atoms with Crippen LogP contribution >= 0.6 is 0 Å². The number of fused-ring (bicyclic) bond motifs is 1. The molecule has 9 nitrogen and oxygen atoms in total. The maximum atomic E-state index is 13.8. The van der Waals surface area contributed by atoms with Crippen LogP contribution in [0.15, 0.2) is 52.3 Å². The predicted octanol–water partition coefficient (Wildman–Crippen LogP) is 5.82. The van der Waals surface area contributed by atoms with Crippen LogP contribution in [0.25, 0.3) is 10.8 Å². The van der Waals surface area contributed by atoms with Crippen molar-refractivity contribution in [1.82, 2.24) is 0 Å². The summed E-state index contributed by atoms with van der Waals surface area (Å²) in [4.78, 5) is 13.2. The van der Waals surface area contributed by atoms with Gasteiger partial charge in [-0.3, -0.25) is 13.9 Å². The quantitative estimate of drug-likeness (QED) is 0.170. The van der Waals surface area contributed by atoms with Crippen molar-refractivity contribution in [2.45, 2.75) is 74.5 Å². The fraction of sp³-hybridized carbons (Fsp3) is 0.452. The first-order valence-corrected chi connectivity index (χ1v) is 17.1. The van der Waals surface area contributed by atoms with E-state index in [4.69, 9.17) is 4.74 Å². The summed E-state index contributed by atoms with van der Waals surface area (Å²) < 4.78 is 73.7. The molecule has 42 heavy (non-hydrogen) atoms. The van der Waals surface area contributed by atoms with E-state index in [1.54, 1.807) is 19.1 Å². The third-order valence-electron chi connectivity index (χ3n) is 9.63. The van der Waals surface area contributed by atoms with Crippen LogP contribution in [0.1, 0.15) is 68.1 Å². The third kappa shape index (κ3) is 5.21. The van der Waals surface area contributed by atoms with E-state index in [2.05, 4.69) is 0 Å². The molecule has 0 aromatic heterocycles. The number of aromatic hydroxyl groups is 1. The van der Waals surface area contributed by atoms with Crippen molar-refractivity contribution in [2.24, 2.45) is 23.2 Å². The van der Waals surface area contributed by atoms with Crippen molar-refractivity contribution >= 4 is 37.0 Å². The number of rotatable bonds is 7. The zero-order chi connectivity index (χ0) is 30.2. The Balaban J connectivity index is 1.35. The molecule has 4 saturated carbocycles. The molecule has 3 N–H and O–H groups in total. The van der Waals surface area contributed by atoms with Crippen molar-refractivity contribution in [2.75, 3.05) is 0 Å². The zero-order valence-electron chi connectivity index (χ0n) is 23.4. The summed E-state index contributed by atoms with van der Waals surface area (Å²) in [5.74, 6) is 1.02. The highest BCUT2D eigenvalue weighted by molar-refractivity contribution is 7.86. The highest BCUT2D eigenvalue weighted by Gasteiger charge is 2.55. The van der Waals surface area contributed by atoms with Crippen molar-refractivity contribution in [3.8, 4) is 11.5 Å². The summed E-state index contributed by atoms with van der Waals surface area (Å²) in [5, 5.41) is 10.8. The zero-order valence-corrected chi connectivity index (χ0v) is 25.0. The number of benzene rings is 3. The van der Waals surface area contributed by atoms with Crippen molar-refractivity contribution in [1.29, 1.82) is 0 Å². The van der Waals surface area contributed by atoms with Gasteiger partial charge in [-0.1, -0.05) is 19.1 Å². The summed E-state index contributed by atoms with van der Waals surface area (Å²) in [6, 6.07) is 9.93. The maximum Gasteiger partial charge on any atom is 0.317 e.